The number of hydrogen-bond donors (Lipinski definition) is 0. The van der Waals surface area contributed by atoms with Crippen LogP contribution in [0.3, 0.4) is 0 Å². The van der Waals surface area contributed by atoms with Crippen molar-refractivity contribution in [2.75, 3.05) is 0 Å². The van der Waals surface area contributed by atoms with Crippen LogP contribution in [0.5, 0.6) is 0 Å². The molecule has 0 aromatic heterocycles. The highest BCUT2D eigenvalue weighted by Gasteiger charge is 2.40. The van der Waals surface area contributed by atoms with E-state index in [1.807, 2.05) is 0 Å². The molecule has 0 atom stereocenters. The van der Waals surface area contributed by atoms with Gasteiger partial charge in [0.2, 0.25) is 19.5 Å². The SMILES string of the molecule is CCCC1(C)[SiH2]O[P+](=O)O[SiH2]1. The predicted molar refractivity (Wildman–Crippen MR) is 50.1 cm³/mol. The summed E-state index contributed by atoms with van der Waals surface area (Å²) >= 11 is 0. The van der Waals surface area contributed by atoms with Crippen LogP contribution in [0.1, 0.15) is 26.7 Å². The van der Waals surface area contributed by atoms with Crippen LogP contribution in [0.2, 0.25) is 4.66 Å². The third-order valence-corrected chi connectivity index (χ3v) is 7.94. The van der Waals surface area contributed by atoms with Gasteiger partial charge in [0, 0.05) is 9.23 Å². The summed E-state index contributed by atoms with van der Waals surface area (Å²) in [6.07, 6.45) is 2.37. The lowest BCUT2D eigenvalue weighted by molar-refractivity contribution is 0.396. The van der Waals surface area contributed by atoms with E-state index in [-0.39, 0.29) is 0 Å². The molecule has 0 saturated carbocycles. The smallest absolute Gasteiger partial charge is 0.184 e. The maximum atomic E-state index is 10.7. The molecule has 1 saturated heterocycles. The Hall–Kier alpha value is 0.454. The van der Waals surface area contributed by atoms with Crippen LogP contribution in [0.4, 0.5) is 0 Å². The molecule has 0 amide bonds. The predicted octanol–water partition coefficient (Wildman–Crippen LogP) is 0.794. The van der Waals surface area contributed by atoms with E-state index in [1.54, 1.807) is 0 Å². The molecule has 64 valence electrons. The summed E-state index contributed by atoms with van der Waals surface area (Å²) in [5.74, 6) is 0. The van der Waals surface area contributed by atoms with E-state index in [4.69, 9.17) is 8.43 Å². The Balaban J connectivity index is 2.41. The van der Waals surface area contributed by atoms with Crippen LogP contribution in [0, 0.1) is 0 Å². The van der Waals surface area contributed by atoms with Gasteiger partial charge in [-0.25, -0.2) is 0 Å². The van der Waals surface area contributed by atoms with E-state index >= 15 is 0 Å². The van der Waals surface area contributed by atoms with Gasteiger partial charge >= 0.3 is 8.25 Å². The van der Waals surface area contributed by atoms with Gasteiger partial charge in [-0.3, -0.25) is 0 Å². The van der Waals surface area contributed by atoms with Gasteiger partial charge in [-0.2, -0.15) is 8.43 Å². The van der Waals surface area contributed by atoms with Crippen molar-refractivity contribution in [1.82, 2.24) is 0 Å². The minimum absolute atomic E-state index is 0.359. The maximum absolute atomic E-state index is 10.7. The molecule has 1 rings (SSSR count). The average molecular weight is 209 g/mol. The second-order valence-corrected chi connectivity index (χ2v) is 10.8. The van der Waals surface area contributed by atoms with Gasteiger partial charge in [0.05, 0.1) is 0 Å². The van der Waals surface area contributed by atoms with Crippen LogP contribution >= 0.6 is 8.25 Å². The lowest BCUT2D eigenvalue weighted by atomic mass is 10.2. The van der Waals surface area contributed by atoms with Crippen LogP contribution in [0.15, 0.2) is 0 Å². The van der Waals surface area contributed by atoms with E-state index in [0.29, 0.717) is 4.66 Å². The fraction of sp³-hybridized carbons (Fsp3) is 1.00. The molecule has 1 fully saturated rings. The zero-order valence-corrected chi connectivity index (χ0v) is 10.7. The van der Waals surface area contributed by atoms with Crippen molar-refractivity contribution in [2.45, 2.75) is 31.4 Å². The first-order valence-corrected chi connectivity index (χ1v) is 7.56. The van der Waals surface area contributed by atoms with Gasteiger partial charge in [0.25, 0.3) is 0 Å². The van der Waals surface area contributed by atoms with Crippen molar-refractivity contribution in [2.24, 2.45) is 0 Å². The van der Waals surface area contributed by atoms with Crippen LogP contribution in [-0.4, -0.2) is 19.5 Å². The summed E-state index contributed by atoms with van der Waals surface area (Å²) < 4.78 is 21.3. The summed E-state index contributed by atoms with van der Waals surface area (Å²) in [7, 11) is -2.85. The Bertz CT molecular complexity index is 154. The molecule has 0 unspecified atom stereocenters. The highest BCUT2D eigenvalue weighted by Crippen LogP contribution is 2.40. The molecule has 0 radical (unpaired) electrons. The van der Waals surface area contributed by atoms with Crippen molar-refractivity contribution in [3.8, 4) is 0 Å². The average Bonchev–Trinajstić information content (AvgIpc) is 1.97. The Morgan fingerprint density at radius 3 is 2.45 bits per heavy atom. The lowest BCUT2D eigenvalue weighted by Crippen LogP contribution is -2.29. The normalized spacial score (nSPS) is 40.0. The summed E-state index contributed by atoms with van der Waals surface area (Å²) in [4.78, 5) is 0. The Kier molecular flexibility index (Phi) is 3.39. The zero-order chi connectivity index (χ0) is 8.32. The fourth-order valence-electron chi connectivity index (χ4n) is 1.24. The molecule has 0 bridgehead atoms. The minimum atomic E-state index is -1.69. The fourth-order valence-corrected chi connectivity index (χ4v) is 8.52. The number of rotatable bonds is 2. The van der Waals surface area contributed by atoms with Crippen molar-refractivity contribution in [3.05, 3.63) is 0 Å². The maximum Gasteiger partial charge on any atom is 0.671 e. The van der Waals surface area contributed by atoms with Crippen molar-refractivity contribution < 1.29 is 13.0 Å². The summed E-state index contributed by atoms with van der Waals surface area (Å²) in [5, 5.41) is 0. The molecule has 6 heteroatoms. The molecule has 0 aromatic carbocycles. The highest BCUT2D eigenvalue weighted by atomic mass is 31.1. The van der Waals surface area contributed by atoms with Crippen LogP contribution < -0.4 is 0 Å². The first-order valence-electron chi connectivity index (χ1n) is 3.89. The van der Waals surface area contributed by atoms with E-state index in [1.165, 1.54) is 12.8 Å². The quantitative estimate of drug-likeness (QED) is 0.498. The van der Waals surface area contributed by atoms with E-state index in [9.17, 15) is 4.57 Å². The van der Waals surface area contributed by atoms with Crippen LogP contribution in [0.25, 0.3) is 0 Å². The molecule has 1 aliphatic rings. The second kappa shape index (κ2) is 3.91. The van der Waals surface area contributed by atoms with E-state index < -0.39 is 27.8 Å². The largest absolute Gasteiger partial charge is 0.671 e. The molecule has 1 heterocycles. The molecule has 0 aliphatic carbocycles. The summed E-state index contributed by atoms with van der Waals surface area (Å²) in [6, 6.07) is 0. The summed E-state index contributed by atoms with van der Waals surface area (Å²) in [6.45, 7) is 4.39. The molecule has 11 heavy (non-hydrogen) atoms. The molecule has 1 aliphatic heterocycles. The first kappa shape index (κ1) is 9.54. The standard InChI is InChI=1S/C5H14O3PSi2/c1-3-4-5(2)10-7-9(6)8-11-5/h3-4,10-11H2,1-2H3/q+1. The molecular weight excluding hydrogens is 195 g/mol. The van der Waals surface area contributed by atoms with Gasteiger partial charge in [-0.05, 0) is 6.42 Å². The van der Waals surface area contributed by atoms with Crippen molar-refractivity contribution in [3.63, 3.8) is 0 Å². The second-order valence-electron chi connectivity index (χ2n) is 3.33. The summed E-state index contributed by atoms with van der Waals surface area (Å²) in [5.41, 5.74) is 0. The third-order valence-electron chi connectivity index (χ3n) is 1.89. The molecule has 0 aromatic rings. The van der Waals surface area contributed by atoms with Gasteiger partial charge in [0.1, 0.15) is 0 Å². The zero-order valence-electron chi connectivity index (χ0n) is 7.00. The first-order chi connectivity index (χ1) is 5.16. The van der Waals surface area contributed by atoms with Gasteiger partial charge < -0.3 is 0 Å². The molecule has 0 spiro atoms. The van der Waals surface area contributed by atoms with E-state index in [2.05, 4.69) is 13.8 Å². The van der Waals surface area contributed by atoms with Crippen LogP contribution in [-0.2, 0) is 13.0 Å². The Morgan fingerprint density at radius 2 is 2.00 bits per heavy atom. The van der Waals surface area contributed by atoms with E-state index in [0.717, 1.165) is 0 Å². The molecular formula is C5H14O3PSi2+. The highest BCUT2D eigenvalue weighted by molar-refractivity contribution is 7.37. The van der Waals surface area contributed by atoms with Gasteiger partial charge in [-0.1, -0.05) is 20.3 Å². The van der Waals surface area contributed by atoms with Gasteiger partial charge in [0.15, 0.2) is 0 Å². The van der Waals surface area contributed by atoms with Crippen molar-refractivity contribution >= 4 is 27.8 Å². The third kappa shape index (κ3) is 2.76. The Labute approximate surface area is 72.7 Å². The number of hydrogen-bond acceptors (Lipinski definition) is 3. The monoisotopic (exact) mass is 209 g/mol. The molecule has 3 nitrogen and oxygen atoms in total. The Morgan fingerprint density at radius 1 is 1.45 bits per heavy atom. The molecule has 0 N–H and O–H groups in total. The lowest BCUT2D eigenvalue weighted by Gasteiger charge is -2.24. The van der Waals surface area contributed by atoms with Gasteiger partial charge in [-0.15, -0.1) is 0 Å². The minimum Gasteiger partial charge on any atom is -0.184 e. The van der Waals surface area contributed by atoms with Crippen molar-refractivity contribution in [1.29, 1.82) is 0 Å². The topological polar surface area (TPSA) is 35.5 Å².